The third kappa shape index (κ3) is 4.55. The zero-order chi connectivity index (χ0) is 23.6. The highest BCUT2D eigenvalue weighted by Gasteiger charge is 2.22. The van der Waals surface area contributed by atoms with Gasteiger partial charge in [0, 0.05) is 35.2 Å². The van der Waals surface area contributed by atoms with Crippen molar-refractivity contribution in [3.63, 3.8) is 0 Å². The zero-order valence-corrected chi connectivity index (χ0v) is 20.0. The molecule has 0 bridgehead atoms. The molecule has 0 amide bonds. The second kappa shape index (κ2) is 9.56. The monoisotopic (exact) mass is 480 g/mol. The molecule has 1 fully saturated rings. The van der Waals surface area contributed by atoms with E-state index in [1.165, 1.54) is 5.56 Å². The number of nitrogens with zero attached hydrogens (tertiary/aromatic N) is 5. The molecule has 5 aromatic rings. The minimum atomic E-state index is 0.473. The van der Waals surface area contributed by atoms with Crippen LogP contribution in [-0.2, 0) is 6.54 Å². The van der Waals surface area contributed by atoms with E-state index in [0.717, 1.165) is 71.6 Å². The van der Waals surface area contributed by atoms with E-state index in [1.54, 1.807) is 12.5 Å². The van der Waals surface area contributed by atoms with Gasteiger partial charge in [-0.2, -0.15) is 5.10 Å². The number of rotatable bonds is 5. The summed E-state index contributed by atoms with van der Waals surface area (Å²) in [4.78, 5) is 16.1. The van der Waals surface area contributed by atoms with Crippen molar-refractivity contribution in [2.24, 2.45) is 0 Å². The molecular formula is C28H25ClN6. The summed E-state index contributed by atoms with van der Waals surface area (Å²) in [5.74, 6) is 1.50. The van der Waals surface area contributed by atoms with Crippen LogP contribution in [-0.4, -0.2) is 43.1 Å². The Labute approximate surface area is 209 Å². The number of H-pyrrole nitrogens is 1. The van der Waals surface area contributed by atoms with Gasteiger partial charge >= 0.3 is 0 Å². The number of halogens is 1. The molecule has 1 aliphatic rings. The Morgan fingerprint density at radius 2 is 1.71 bits per heavy atom. The molecule has 0 unspecified atom stereocenters. The number of piperidine rings is 1. The van der Waals surface area contributed by atoms with Crippen LogP contribution in [0.2, 0.25) is 5.15 Å². The second-order valence-electron chi connectivity index (χ2n) is 9.04. The van der Waals surface area contributed by atoms with E-state index in [0.29, 0.717) is 11.1 Å². The minimum absolute atomic E-state index is 0.473. The molecule has 0 spiro atoms. The topological polar surface area (TPSA) is 70.6 Å². The smallest absolute Gasteiger partial charge is 0.138 e. The molecule has 1 aliphatic heterocycles. The molecule has 0 aliphatic carbocycles. The van der Waals surface area contributed by atoms with Crippen LogP contribution < -0.4 is 0 Å². The van der Waals surface area contributed by atoms with Gasteiger partial charge in [0.2, 0.25) is 0 Å². The highest BCUT2D eigenvalue weighted by atomic mass is 35.5. The first-order valence-corrected chi connectivity index (χ1v) is 12.3. The van der Waals surface area contributed by atoms with Crippen LogP contribution in [0.3, 0.4) is 0 Å². The second-order valence-corrected chi connectivity index (χ2v) is 9.40. The number of fused-ring (bicyclic) bond motifs is 1. The lowest BCUT2D eigenvalue weighted by Crippen LogP contribution is -2.32. The number of benzene rings is 2. The van der Waals surface area contributed by atoms with Crippen molar-refractivity contribution in [1.29, 1.82) is 0 Å². The molecule has 0 radical (unpaired) electrons. The molecule has 4 heterocycles. The van der Waals surface area contributed by atoms with Gasteiger partial charge in [-0.15, -0.1) is 0 Å². The van der Waals surface area contributed by atoms with E-state index in [-0.39, 0.29) is 0 Å². The molecule has 6 rings (SSSR count). The lowest BCUT2D eigenvalue weighted by atomic mass is 9.95. The molecule has 1 N–H and O–H groups in total. The van der Waals surface area contributed by atoms with Gasteiger partial charge in [-0.3, -0.25) is 10.00 Å². The predicted octanol–water partition coefficient (Wildman–Crippen LogP) is 6.11. The highest BCUT2D eigenvalue weighted by molar-refractivity contribution is 6.34. The fourth-order valence-electron chi connectivity index (χ4n) is 4.92. The zero-order valence-electron chi connectivity index (χ0n) is 19.2. The van der Waals surface area contributed by atoms with Crippen molar-refractivity contribution < 1.29 is 0 Å². The van der Waals surface area contributed by atoms with Gasteiger partial charge < -0.3 is 0 Å². The fraction of sp³-hybridized carbons (Fsp3) is 0.214. The lowest BCUT2D eigenvalue weighted by molar-refractivity contribution is 0.202. The Kier molecular flexibility index (Phi) is 5.98. The minimum Gasteiger partial charge on any atom is -0.299 e. The Balaban J connectivity index is 1.25. The van der Waals surface area contributed by atoms with Gasteiger partial charge in [0.1, 0.15) is 17.3 Å². The Morgan fingerprint density at radius 1 is 0.914 bits per heavy atom. The first kappa shape index (κ1) is 21.9. The highest BCUT2D eigenvalue weighted by Crippen LogP contribution is 2.35. The van der Waals surface area contributed by atoms with Gasteiger partial charge in [0.25, 0.3) is 0 Å². The van der Waals surface area contributed by atoms with Crippen molar-refractivity contribution in [2.75, 3.05) is 13.1 Å². The SMILES string of the molecule is Clc1nccc2nc(-c3ccc(CN4CCC(c5ncn[nH]5)CC4)cc3)c(-c3ccccc3)cc12. The number of hydrogen-bond donors (Lipinski definition) is 1. The van der Waals surface area contributed by atoms with E-state index in [4.69, 9.17) is 16.6 Å². The molecule has 0 saturated carbocycles. The molecular weight excluding hydrogens is 456 g/mol. The first-order valence-electron chi connectivity index (χ1n) is 11.9. The summed E-state index contributed by atoms with van der Waals surface area (Å²) in [6, 6.07) is 23.1. The standard InChI is InChI=1S/C28H25ClN6/c29-27-24-16-23(20-4-2-1-3-5-20)26(33-25(24)10-13-30-27)21-8-6-19(7-9-21)17-35-14-11-22(12-15-35)28-31-18-32-34-28/h1-10,13,16,18,22H,11-12,14-15,17H2,(H,31,32,34). The maximum atomic E-state index is 6.40. The van der Waals surface area contributed by atoms with E-state index >= 15 is 0 Å². The average Bonchev–Trinajstić information content (AvgIpc) is 3.45. The van der Waals surface area contributed by atoms with Gasteiger partial charge in [-0.1, -0.05) is 66.2 Å². The van der Waals surface area contributed by atoms with Crippen LogP contribution in [0.1, 0.15) is 30.1 Å². The number of aromatic amines is 1. The summed E-state index contributed by atoms with van der Waals surface area (Å²) in [5, 5.41) is 8.36. The quantitative estimate of drug-likeness (QED) is 0.307. The molecule has 0 atom stereocenters. The van der Waals surface area contributed by atoms with Crippen molar-refractivity contribution in [1.82, 2.24) is 30.0 Å². The van der Waals surface area contributed by atoms with Gasteiger partial charge in [0.15, 0.2) is 0 Å². The predicted molar refractivity (Wildman–Crippen MR) is 139 cm³/mol. The average molecular weight is 481 g/mol. The Bertz CT molecular complexity index is 1430. The van der Waals surface area contributed by atoms with Gasteiger partial charge in [0.05, 0.1) is 11.2 Å². The van der Waals surface area contributed by atoms with Crippen LogP contribution in [0.4, 0.5) is 0 Å². The number of nitrogens with one attached hydrogen (secondary N) is 1. The first-order chi connectivity index (χ1) is 17.2. The summed E-state index contributed by atoms with van der Waals surface area (Å²) >= 11 is 6.40. The van der Waals surface area contributed by atoms with Crippen LogP contribution in [0.25, 0.3) is 33.3 Å². The van der Waals surface area contributed by atoms with E-state index in [2.05, 4.69) is 67.5 Å². The van der Waals surface area contributed by atoms with Crippen LogP contribution >= 0.6 is 11.6 Å². The summed E-state index contributed by atoms with van der Waals surface area (Å²) < 4.78 is 0. The normalized spacial score (nSPS) is 15.0. The van der Waals surface area contributed by atoms with Crippen molar-refractivity contribution >= 4 is 22.5 Å². The maximum absolute atomic E-state index is 6.40. The van der Waals surface area contributed by atoms with Crippen molar-refractivity contribution in [3.8, 4) is 22.4 Å². The largest absolute Gasteiger partial charge is 0.299 e. The molecule has 7 heteroatoms. The summed E-state index contributed by atoms with van der Waals surface area (Å²) in [7, 11) is 0. The molecule has 3 aromatic heterocycles. The van der Waals surface area contributed by atoms with Crippen LogP contribution in [0.5, 0.6) is 0 Å². The third-order valence-electron chi connectivity index (χ3n) is 6.82. The maximum Gasteiger partial charge on any atom is 0.138 e. The van der Waals surface area contributed by atoms with E-state index in [9.17, 15) is 0 Å². The lowest BCUT2D eigenvalue weighted by Gasteiger charge is -2.30. The molecule has 174 valence electrons. The van der Waals surface area contributed by atoms with Crippen LogP contribution in [0, 0.1) is 0 Å². The molecule has 35 heavy (non-hydrogen) atoms. The van der Waals surface area contributed by atoms with Crippen molar-refractivity contribution in [3.05, 3.63) is 95.8 Å². The summed E-state index contributed by atoms with van der Waals surface area (Å²) in [6.07, 6.45) is 5.51. The number of likely N-dealkylation sites (tertiary alicyclic amines) is 1. The van der Waals surface area contributed by atoms with Gasteiger partial charge in [-0.25, -0.2) is 15.0 Å². The summed E-state index contributed by atoms with van der Waals surface area (Å²) in [6.45, 7) is 3.07. The Morgan fingerprint density at radius 3 is 2.46 bits per heavy atom. The van der Waals surface area contributed by atoms with Crippen LogP contribution in [0.15, 0.2) is 79.3 Å². The number of aromatic nitrogens is 5. The Hall–Kier alpha value is -3.61. The number of hydrogen-bond acceptors (Lipinski definition) is 5. The number of pyridine rings is 2. The van der Waals surface area contributed by atoms with Crippen molar-refractivity contribution in [2.45, 2.75) is 25.3 Å². The summed E-state index contributed by atoms with van der Waals surface area (Å²) in [5.41, 5.74) is 6.35. The van der Waals surface area contributed by atoms with Gasteiger partial charge in [-0.05, 0) is 49.2 Å². The molecule has 6 nitrogen and oxygen atoms in total. The fourth-order valence-corrected chi connectivity index (χ4v) is 5.13. The third-order valence-corrected chi connectivity index (χ3v) is 7.12. The molecule has 2 aromatic carbocycles. The van der Waals surface area contributed by atoms with E-state index < -0.39 is 0 Å². The molecule has 1 saturated heterocycles. The van der Waals surface area contributed by atoms with E-state index in [1.807, 2.05) is 24.3 Å².